The molecule has 22 heavy (non-hydrogen) atoms. The highest BCUT2D eigenvalue weighted by Crippen LogP contribution is 2.17. The molecule has 112 valence electrons. The van der Waals surface area contributed by atoms with Gasteiger partial charge in [-0.25, -0.2) is 0 Å². The average molecular weight is 296 g/mol. The third-order valence-electron chi connectivity index (χ3n) is 3.22. The molecule has 0 saturated heterocycles. The second-order valence-corrected chi connectivity index (χ2v) is 5.00. The van der Waals surface area contributed by atoms with E-state index in [1.165, 1.54) is 4.80 Å². The average Bonchev–Trinajstić information content (AvgIpc) is 2.86. The number of hydrogen-bond donors (Lipinski definition) is 1. The van der Waals surface area contributed by atoms with E-state index >= 15 is 0 Å². The van der Waals surface area contributed by atoms with Gasteiger partial charge >= 0.3 is 0 Å². The predicted octanol–water partition coefficient (Wildman–Crippen LogP) is 2.29. The van der Waals surface area contributed by atoms with E-state index in [-0.39, 0.29) is 12.5 Å². The Bertz CT molecular complexity index is 826. The SMILES string of the molecule is Cc1ccccc1OCC(=O)Nc1ccc2nn(C)nc2c1. The van der Waals surface area contributed by atoms with Gasteiger partial charge in [-0.3, -0.25) is 4.79 Å². The number of hydrogen-bond acceptors (Lipinski definition) is 4. The van der Waals surface area contributed by atoms with Crippen LogP contribution in [0.15, 0.2) is 42.5 Å². The molecular weight excluding hydrogens is 280 g/mol. The Balaban J connectivity index is 1.64. The molecule has 0 saturated carbocycles. The summed E-state index contributed by atoms with van der Waals surface area (Å²) in [7, 11) is 1.76. The summed E-state index contributed by atoms with van der Waals surface area (Å²) < 4.78 is 5.52. The number of carbonyl (C=O) groups is 1. The van der Waals surface area contributed by atoms with E-state index in [0.29, 0.717) is 11.4 Å². The Hall–Kier alpha value is -2.89. The smallest absolute Gasteiger partial charge is 0.262 e. The number of amides is 1. The highest BCUT2D eigenvalue weighted by atomic mass is 16.5. The summed E-state index contributed by atoms with van der Waals surface area (Å²) in [6.07, 6.45) is 0. The van der Waals surface area contributed by atoms with Crippen molar-refractivity contribution in [2.45, 2.75) is 6.92 Å². The fraction of sp³-hybridized carbons (Fsp3) is 0.188. The van der Waals surface area contributed by atoms with Gasteiger partial charge in [0.25, 0.3) is 5.91 Å². The Morgan fingerprint density at radius 3 is 2.77 bits per heavy atom. The molecule has 1 aromatic heterocycles. The summed E-state index contributed by atoms with van der Waals surface area (Å²) in [5.74, 6) is 0.494. The van der Waals surface area contributed by atoms with Crippen LogP contribution < -0.4 is 10.1 Å². The monoisotopic (exact) mass is 296 g/mol. The maximum Gasteiger partial charge on any atom is 0.262 e. The Labute approximate surface area is 127 Å². The van der Waals surface area contributed by atoms with Crippen LogP contribution in [0.5, 0.6) is 5.75 Å². The molecule has 0 bridgehead atoms. The zero-order valence-electron chi connectivity index (χ0n) is 12.4. The van der Waals surface area contributed by atoms with E-state index in [4.69, 9.17) is 4.74 Å². The topological polar surface area (TPSA) is 69.0 Å². The lowest BCUT2D eigenvalue weighted by molar-refractivity contribution is -0.118. The summed E-state index contributed by atoms with van der Waals surface area (Å²) in [6, 6.07) is 13.0. The number of para-hydroxylation sites is 1. The van der Waals surface area contributed by atoms with Gasteiger partial charge in [0.2, 0.25) is 0 Å². The van der Waals surface area contributed by atoms with Crippen molar-refractivity contribution in [2.75, 3.05) is 11.9 Å². The molecule has 3 rings (SSSR count). The van der Waals surface area contributed by atoms with E-state index in [1.807, 2.05) is 37.3 Å². The first-order valence-corrected chi connectivity index (χ1v) is 6.91. The van der Waals surface area contributed by atoms with E-state index in [1.54, 1.807) is 19.2 Å². The number of fused-ring (bicyclic) bond motifs is 1. The molecule has 0 radical (unpaired) electrons. The van der Waals surface area contributed by atoms with E-state index < -0.39 is 0 Å². The standard InChI is InChI=1S/C16H16N4O2/c1-11-5-3-4-6-15(11)22-10-16(21)17-12-7-8-13-14(9-12)19-20(2)18-13/h3-9H,10H2,1-2H3,(H,17,21). The Morgan fingerprint density at radius 2 is 1.95 bits per heavy atom. The molecular formula is C16H16N4O2. The molecule has 1 N–H and O–H groups in total. The van der Waals surface area contributed by atoms with Crippen molar-refractivity contribution in [2.24, 2.45) is 7.05 Å². The Kier molecular flexibility index (Phi) is 3.74. The van der Waals surface area contributed by atoms with E-state index in [9.17, 15) is 4.79 Å². The first-order chi connectivity index (χ1) is 10.6. The van der Waals surface area contributed by atoms with Crippen LogP contribution in [-0.2, 0) is 11.8 Å². The fourth-order valence-corrected chi connectivity index (χ4v) is 2.16. The predicted molar refractivity (Wildman–Crippen MR) is 83.8 cm³/mol. The van der Waals surface area contributed by atoms with Crippen LogP contribution in [0, 0.1) is 6.92 Å². The van der Waals surface area contributed by atoms with Crippen molar-refractivity contribution in [3.63, 3.8) is 0 Å². The molecule has 6 nitrogen and oxygen atoms in total. The molecule has 0 fully saturated rings. The normalized spacial score (nSPS) is 10.6. The summed E-state index contributed by atoms with van der Waals surface area (Å²) in [5, 5.41) is 11.2. The number of rotatable bonds is 4. The van der Waals surface area contributed by atoms with Gasteiger partial charge in [-0.05, 0) is 36.8 Å². The van der Waals surface area contributed by atoms with Crippen molar-refractivity contribution < 1.29 is 9.53 Å². The second kappa shape index (κ2) is 5.85. The maximum absolute atomic E-state index is 12.0. The van der Waals surface area contributed by atoms with Gasteiger partial charge in [-0.15, -0.1) is 0 Å². The maximum atomic E-state index is 12.0. The zero-order chi connectivity index (χ0) is 15.5. The minimum atomic E-state index is -0.216. The number of carbonyl (C=O) groups excluding carboxylic acids is 1. The fourth-order valence-electron chi connectivity index (χ4n) is 2.16. The molecule has 6 heteroatoms. The number of aromatic nitrogens is 3. The van der Waals surface area contributed by atoms with Crippen LogP contribution in [0.25, 0.3) is 11.0 Å². The van der Waals surface area contributed by atoms with Crippen LogP contribution in [0.4, 0.5) is 5.69 Å². The van der Waals surface area contributed by atoms with Crippen molar-refractivity contribution in [1.29, 1.82) is 0 Å². The second-order valence-electron chi connectivity index (χ2n) is 5.00. The number of ether oxygens (including phenoxy) is 1. The number of nitrogens with zero attached hydrogens (tertiary/aromatic N) is 3. The van der Waals surface area contributed by atoms with Crippen LogP contribution in [0.1, 0.15) is 5.56 Å². The molecule has 0 aliphatic carbocycles. The Morgan fingerprint density at radius 1 is 1.18 bits per heavy atom. The number of aryl methyl sites for hydroxylation is 2. The van der Waals surface area contributed by atoms with E-state index in [2.05, 4.69) is 15.5 Å². The molecule has 3 aromatic rings. The molecule has 1 heterocycles. The van der Waals surface area contributed by atoms with Crippen molar-refractivity contribution in [3.8, 4) is 5.75 Å². The third kappa shape index (κ3) is 3.06. The van der Waals surface area contributed by atoms with Crippen molar-refractivity contribution in [1.82, 2.24) is 15.0 Å². The summed E-state index contributed by atoms with van der Waals surface area (Å²) in [4.78, 5) is 13.5. The van der Waals surface area contributed by atoms with Crippen molar-refractivity contribution in [3.05, 3.63) is 48.0 Å². The quantitative estimate of drug-likeness (QED) is 0.802. The van der Waals surface area contributed by atoms with Gasteiger partial charge in [0.05, 0.1) is 0 Å². The van der Waals surface area contributed by atoms with Gasteiger partial charge in [0.15, 0.2) is 6.61 Å². The van der Waals surface area contributed by atoms with Crippen LogP contribution in [0.2, 0.25) is 0 Å². The summed E-state index contributed by atoms with van der Waals surface area (Å²) >= 11 is 0. The van der Waals surface area contributed by atoms with Gasteiger partial charge in [-0.2, -0.15) is 15.0 Å². The molecule has 0 aliphatic rings. The number of benzene rings is 2. The molecule has 0 spiro atoms. The van der Waals surface area contributed by atoms with Gasteiger partial charge in [0.1, 0.15) is 16.8 Å². The van der Waals surface area contributed by atoms with E-state index in [0.717, 1.165) is 16.6 Å². The lowest BCUT2D eigenvalue weighted by atomic mass is 10.2. The van der Waals surface area contributed by atoms with Crippen molar-refractivity contribution >= 4 is 22.6 Å². The molecule has 0 aliphatic heterocycles. The number of nitrogens with one attached hydrogen (secondary N) is 1. The molecule has 0 unspecified atom stereocenters. The number of anilines is 1. The highest BCUT2D eigenvalue weighted by molar-refractivity contribution is 5.93. The minimum absolute atomic E-state index is 0.0383. The summed E-state index contributed by atoms with van der Waals surface area (Å²) in [6.45, 7) is 1.90. The summed E-state index contributed by atoms with van der Waals surface area (Å²) in [5.41, 5.74) is 3.19. The van der Waals surface area contributed by atoms with Crippen LogP contribution >= 0.6 is 0 Å². The largest absolute Gasteiger partial charge is 0.483 e. The lowest BCUT2D eigenvalue weighted by Crippen LogP contribution is -2.20. The van der Waals surface area contributed by atoms with Gasteiger partial charge in [0, 0.05) is 12.7 Å². The zero-order valence-corrected chi connectivity index (χ0v) is 12.4. The first-order valence-electron chi connectivity index (χ1n) is 6.91. The van der Waals surface area contributed by atoms with Crippen LogP contribution in [-0.4, -0.2) is 27.5 Å². The molecule has 0 atom stereocenters. The lowest BCUT2D eigenvalue weighted by Gasteiger charge is -2.09. The third-order valence-corrected chi connectivity index (χ3v) is 3.22. The highest BCUT2D eigenvalue weighted by Gasteiger charge is 2.07. The van der Waals surface area contributed by atoms with Gasteiger partial charge in [-0.1, -0.05) is 18.2 Å². The minimum Gasteiger partial charge on any atom is -0.483 e. The van der Waals surface area contributed by atoms with Gasteiger partial charge < -0.3 is 10.1 Å². The molecule has 1 amide bonds. The van der Waals surface area contributed by atoms with Crippen LogP contribution in [0.3, 0.4) is 0 Å². The molecule has 2 aromatic carbocycles. The first kappa shape index (κ1) is 14.1.